The summed E-state index contributed by atoms with van der Waals surface area (Å²) in [6.45, 7) is 7.99. The van der Waals surface area contributed by atoms with Gasteiger partial charge in [-0.15, -0.1) is 0 Å². The van der Waals surface area contributed by atoms with Crippen LogP contribution < -0.4 is 5.56 Å². The second kappa shape index (κ2) is 3.77. The van der Waals surface area contributed by atoms with E-state index in [0.29, 0.717) is 11.6 Å². The first kappa shape index (κ1) is 10.9. The van der Waals surface area contributed by atoms with Gasteiger partial charge >= 0.3 is 0 Å². The Morgan fingerprint density at radius 2 is 2.19 bits per heavy atom. The summed E-state index contributed by atoms with van der Waals surface area (Å²) in [6.07, 6.45) is 1.01. The molecule has 86 valence electrons. The first-order valence-electron chi connectivity index (χ1n) is 5.63. The highest BCUT2D eigenvalue weighted by atomic mass is 16.1. The van der Waals surface area contributed by atoms with Crippen molar-refractivity contribution in [1.29, 1.82) is 0 Å². The molecule has 2 aromatic rings. The maximum Gasteiger partial charge on any atom is 0.274 e. The molecule has 4 nitrogen and oxygen atoms in total. The fraction of sp³-hybridized carbons (Fsp3) is 0.500. The van der Waals surface area contributed by atoms with Gasteiger partial charge in [0, 0.05) is 11.5 Å². The quantitative estimate of drug-likeness (QED) is 0.841. The predicted molar refractivity (Wildman–Crippen MR) is 64.0 cm³/mol. The lowest BCUT2D eigenvalue weighted by Crippen LogP contribution is -2.17. The van der Waals surface area contributed by atoms with Gasteiger partial charge in [0.25, 0.3) is 5.56 Å². The number of rotatable bonds is 2. The zero-order valence-corrected chi connectivity index (χ0v) is 10.2. The molecule has 4 heteroatoms. The van der Waals surface area contributed by atoms with Gasteiger partial charge in [-0.2, -0.15) is 4.52 Å². The van der Waals surface area contributed by atoms with Crippen LogP contribution in [0.4, 0.5) is 0 Å². The first-order chi connectivity index (χ1) is 7.54. The minimum absolute atomic E-state index is 0.00273. The minimum Gasteiger partial charge on any atom is -0.276 e. The fourth-order valence-corrected chi connectivity index (χ4v) is 1.67. The molecule has 1 N–H and O–H groups in total. The van der Waals surface area contributed by atoms with Crippen LogP contribution in [0.5, 0.6) is 0 Å². The summed E-state index contributed by atoms with van der Waals surface area (Å²) in [4.78, 5) is 16.4. The number of H-pyrrole nitrogens is 1. The van der Waals surface area contributed by atoms with E-state index in [9.17, 15) is 4.79 Å². The van der Waals surface area contributed by atoms with Crippen LogP contribution in [0.1, 0.15) is 43.1 Å². The van der Waals surface area contributed by atoms with Crippen LogP contribution in [0.25, 0.3) is 5.65 Å². The van der Waals surface area contributed by atoms with E-state index in [0.717, 1.165) is 23.4 Å². The molecule has 2 aromatic heterocycles. The van der Waals surface area contributed by atoms with Crippen molar-refractivity contribution in [2.75, 3.05) is 0 Å². The number of aromatic nitrogens is 3. The lowest BCUT2D eigenvalue weighted by molar-refractivity contribution is 0.673. The Kier molecular flexibility index (Phi) is 2.58. The highest BCUT2D eigenvalue weighted by Gasteiger charge is 2.11. The molecule has 0 saturated carbocycles. The van der Waals surface area contributed by atoms with Gasteiger partial charge in [0.05, 0.1) is 0 Å². The van der Waals surface area contributed by atoms with Crippen molar-refractivity contribution in [1.82, 2.24) is 14.6 Å². The molecule has 2 heterocycles. The van der Waals surface area contributed by atoms with E-state index in [4.69, 9.17) is 0 Å². The lowest BCUT2D eigenvalue weighted by atomic mass is 10.1. The first-order valence-corrected chi connectivity index (χ1v) is 5.63. The third-order valence-electron chi connectivity index (χ3n) is 3.23. The predicted octanol–water partition coefficient (Wildman–Crippen LogP) is 2.15. The molecular formula is C12H17N3O. The third-order valence-corrected chi connectivity index (χ3v) is 3.23. The molecule has 2 rings (SSSR count). The average Bonchev–Trinajstić information content (AvgIpc) is 2.69. The van der Waals surface area contributed by atoms with Gasteiger partial charge in [0.15, 0.2) is 5.65 Å². The summed E-state index contributed by atoms with van der Waals surface area (Å²) in [5.74, 6) is 1.23. The van der Waals surface area contributed by atoms with Crippen LogP contribution in [0.3, 0.4) is 0 Å². The maximum absolute atomic E-state index is 12.0. The van der Waals surface area contributed by atoms with Crippen LogP contribution in [0.15, 0.2) is 10.9 Å². The van der Waals surface area contributed by atoms with Crippen molar-refractivity contribution >= 4 is 5.65 Å². The lowest BCUT2D eigenvalue weighted by Gasteiger charge is -2.01. The Bertz CT molecular complexity index is 580. The van der Waals surface area contributed by atoms with Gasteiger partial charge in [0.2, 0.25) is 0 Å². The average molecular weight is 219 g/mol. The fourth-order valence-electron chi connectivity index (χ4n) is 1.67. The van der Waals surface area contributed by atoms with Crippen molar-refractivity contribution < 1.29 is 0 Å². The van der Waals surface area contributed by atoms with E-state index in [1.807, 2.05) is 19.9 Å². The highest BCUT2D eigenvalue weighted by Crippen LogP contribution is 2.15. The molecular weight excluding hydrogens is 202 g/mol. The summed E-state index contributed by atoms with van der Waals surface area (Å²) in [5.41, 5.74) is 2.48. The normalized spacial score (nSPS) is 13.2. The molecule has 0 fully saturated rings. The Labute approximate surface area is 94.3 Å². The summed E-state index contributed by atoms with van der Waals surface area (Å²) >= 11 is 0. The molecule has 0 amide bonds. The van der Waals surface area contributed by atoms with Crippen LogP contribution in [-0.4, -0.2) is 14.6 Å². The Morgan fingerprint density at radius 1 is 1.50 bits per heavy atom. The van der Waals surface area contributed by atoms with Gasteiger partial charge in [-0.25, -0.2) is 4.98 Å². The van der Waals surface area contributed by atoms with E-state index >= 15 is 0 Å². The Morgan fingerprint density at radius 3 is 2.81 bits per heavy atom. The number of fused-ring (bicyclic) bond motifs is 1. The summed E-state index contributed by atoms with van der Waals surface area (Å²) in [6, 6.07) is 1.94. The monoisotopic (exact) mass is 219 g/mol. The van der Waals surface area contributed by atoms with Gasteiger partial charge in [-0.05, 0) is 31.9 Å². The van der Waals surface area contributed by atoms with Crippen molar-refractivity contribution in [3.8, 4) is 0 Å². The highest BCUT2D eigenvalue weighted by molar-refractivity contribution is 5.43. The minimum atomic E-state index is -0.00273. The molecule has 0 aliphatic heterocycles. The van der Waals surface area contributed by atoms with E-state index in [2.05, 4.69) is 23.9 Å². The van der Waals surface area contributed by atoms with Crippen LogP contribution in [-0.2, 0) is 0 Å². The smallest absolute Gasteiger partial charge is 0.274 e. The molecule has 0 saturated heterocycles. The summed E-state index contributed by atoms with van der Waals surface area (Å²) in [5, 5.41) is 3.08. The number of aryl methyl sites for hydroxylation is 1. The number of pyridine rings is 1. The van der Waals surface area contributed by atoms with Gasteiger partial charge in [0.1, 0.15) is 5.82 Å². The zero-order valence-electron chi connectivity index (χ0n) is 10.2. The molecule has 0 bridgehead atoms. The largest absolute Gasteiger partial charge is 0.276 e. The van der Waals surface area contributed by atoms with Gasteiger partial charge in [-0.1, -0.05) is 13.8 Å². The van der Waals surface area contributed by atoms with Crippen LogP contribution in [0, 0.1) is 13.8 Å². The topological polar surface area (TPSA) is 50.2 Å². The van der Waals surface area contributed by atoms with Crippen LogP contribution in [0.2, 0.25) is 0 Å². The maximum atomic E-state index is 12.0. The second-order valence-corrected chi connectivity index (χ2v) is 4.37. The Hall–Kier alpha value is -1.58. The van der Waals surface area contributed by atoms with Crippen molar-refractivity contribution in [3.05, 3.63) is 33.4 Å². The third kappa shape index (κ3) is 1.54. The zero-order chi connectivity index (χ0) is 11.9. The van der Waals surface area contributed by atoms with Crippen molar-refractivity contribution in [2.24, 2.45) is 0 Å². The summed E-state index contributed by atoms with van der Waals surface area (Å²) < 4.78 is 1.53. The van der Waals surface area contributed by atoms with Gasteiger partial charge in [-0.3, -0.25) is 9.89 Å². The molecule has 0 aliphatic carbocycles. The van der Waals surface area contributed by atoms with Crippen molar-refractivity contribution in [2.45, 2.75) is 40.0 Å². The van der Waals surface area contributed by atoms with E-state index in [1.54, 1.807) is 0 Å². The second-order valence-electron chi connectivity index (χ2n) is 4.37. The number of hydrogen-bond acceptors (Lipinski definition) is 2. The summed E-state index contributed by atoms with van der Waals surface area (Å²) in [7, 11) is 0. The number of aromatic amines is 1. The molecule has 0 aliphatic rings. The van der Waals surface area contributed by atoms with E-state index < -0.39 is 0 Å². The molecule has 0 radical (unpaired) electrons. The van der Waals surface area contributed by atoms with E-state index in [-0.39, 0.29) is 5.56 Å². The number of nitrogens with one attached hydrogen (secondary N) is 1. The number of hydrogen-bond donors (Lipinski definition) is 1. The molecule has 0 aromatic carbocycles. The van der Waals surface area contributed by atoms with Gasteiger partial charge < -0.3 is 0 Å². The molecule has 16 heavy (non-hydrogen) atoms. The van der Waals surface area contributed by atoms with Crippen molar-refractivity contribution in [3.63, 3.8) is 0 Å². The Balaban J connectivity index is 2.71. The molecule has 0 spiro atoms. The molecule has 1 unspecified atom stereocenters. The molecule has 1 atom stereocenters. The standard InChI is InChI=1S/C12H17N3O/c1-5-7(2)11-13-10-6-8(3)9(4)12(16)15(10)14-11/h6-7H,5H2,1-4H3,(H,13,14). The van der Waals surface area contributed by atoms with Crippen LogP contribution >= 0.6 is 0 Å². The SMILES string of the molecule is CCC(C)c1nc2cc(C)c(C)c(=O)n2[nH]1. The van der Waals surface area contributed by atoms with E-state index in [1.165, 1.54) is 4.52 Å². The number of nitrogens with zero attached hydrogens (tertiary/aromatic N) is 2.